The van der Waals surface area contributed by atoms with Crippen molar-refractivity contribution in [1.29, 1.82) is 0 Å². The van der Waals surface area contributed by atoms with Gasteiger partial charge in [0.25, 0.3) is 7.82 Å². The molecule has 0 aromatic carbocycles. The van der Waals surface area contributed by atoms with E-state index in [9.17, 15) is 19.4 Å². The molecule has 1 amide bonds. The van der Waals surface area contributed by atoms with E-state index in [-0.39, 0.29) is 19.1 Å². The van der Waals surface area contributed by atoms with E-state index >= 15 is 0 Å². The lowest BCUT2D eigenvalue weighted by Gasteiger charge is -2.29. The Bertz CT molecular complexity index is 1360. The molecule has 3 unspecified atom stereocenters. The molecule has 0 aromatic rings. The van der Waals surface area contributed by atoms with Crippen molar-refractivity contribution >= 4 is 13.7 Å². The third-order valence-corrected chi connectivity index (χ3v) is 18.7. The van der Waals surface area contributed by atoms with Gasteiger partial charge in [-0.25, -0.2) is 0 Å². The van der Waals surface area contributed by atoms with Gasteiger partial charge in [-0.2, -0.15) is 0 Å². The number of aliphatic hydroxyl groups excluding tert-OH is 1. The number of hydrogen-bond donors (Lipinski definition) is 2. The molecule has 0 saturated carbocycles. The molecule has 9 heteroatoms. The number of aliphatic hydroxyl groups is 1. The van der Waals surface area contributed by atoms with Crippen LogP contribution >= 0.6 is 7.82 Å². The summed E-state index contributed by atoms with van der Waals surface area (Å²) in [5.41, 5.74) is 0. The molecule has 0 aliphatic heterocycles. The van der Waals surface area contributed by atoms with Crippen molar-refractivity contribution in [3.05, 3.63) is 12.2 Å². The zero-order chi connectivity index (χ0) is 60.5. The van der Waals surface area contributed by atoms with E-state index in [1.165, 1.54) is 347 Å². The average Bonchev–Trinajstić information content (AvgIpc) is 3.49. The minimum atomic E-state index is -4.60. The molecule has 0 aliphatic rings. The molecule has 0 aromatic heterocycles. The molecule has 0 rings (SSSR count). The lowest BCUT2D eigenvalue weighted by molar-refractivity contribution is -0.870. The van der Waals surface area contributed by atoms with Crippen molar-refractivity contribution in [2.75, 3.05) is 40.9 Å². The molecule has 3 atom stereocenters. The van der Waals surface area contributed by atoms with Crippen molar-refractivity contribution in [2.45, 2.75) is 418 Å². The summed E-state index contributed by atoms with van der Waals surface area (Å²) >= 11 is 0. The Labute approximate surface area is 520 Å². The fraction of sp³-hybridized carbons (Fsp3) is 0.959. The smallest absolute Gasteiger partial charge is 0.268 e. The van der Waals surface area contributed by atoms with Gasteiger partial charge in [0.2, 0.25) is 5.91 Å². The standard InChI is InChI=1S/C74H149N2O6P/c1-6-8-10-12-14-16-18-20-22-24-26-28-30-32-34-35-36-37-38-39-40-41-42-44-46-48-50-52-54-56-58-60-62-64-66-68-74(78)75-72(71-82-83(79,80)81-70-69-76(3,4)5)73(77)67-65-63-61-59-57-55-53-51-49-47-45-43-33-31-29-27-25-23-21-19-17-15-13-11-9-7-2/h65,67,72-73,77H,6-64,66,68-71H2,1-5H3,(H-,75,78,79,80)/b67-65+. The van der Waals surface area contributed by atoms with Crippen LogP contribution in [0.2, 0.25) is 0 Å². The number of amides is 1. The second-order valence-electron chi connectivity index (χ2n) is 27.4. The molecule has 0 heterocycles. The Morgan fingerprint density at radius 1 is 0.410 bits per heavy atom. The van der Waals surface area contributed by atoms with Crippen LogP contribution in [0.1, 0.15) is 406 Å². The van der Waals surface area contributed by atoms with Crippen LogP contribution in [0.4, 0.5) is 0 Å². The first-order chi connectivity index (χ1) is 40.5. The first-order valence-corrected chi connectivity index (χ1v) is 39.0. The molecule has 0 spiro atoms. The molecular formula is C74H149N2O6P. The quantitative estimate of drug-likeness (QED) is 0.0272. The van der Waals surface area contributed by atoms with Crippen LogP contribution in [0.15, 0.2) is 12.2 Å². The van der Waals surface area contributed by atoms with E-state index in [4.69, 9.17) is 9.05 Å². The van der Waals surface area contributed by atoms with Gasteiger partial charge in [-0.3, -0.25) is 9.36 Å². The zero-order valence-electron chi connectivity index (χ0n) is 56.9. The van der Waals surface area contributed by atoms with E-state index in [0.717, 1.165) is 38.5 Å². The third-order valence-electron chi connectivity index (χ3n) is 17.7. The van der Waals surface area contributed by atoms with Gasteiger partial charge >= 0.3 is 0 Å². The number of carbonyl (C=O) groups is 1. The number of phosphoric acid groups is 1. The molecular weight excluding hydrogens is 1040 g/mol. The Morgan fingerprint density at radius 3 is 0.904 bits per heavy atom. The molecule has 496 valence electrons. The van der Waals surface area contributed by atoms with Crippen molar-refractivity contribution in [3.8, 4) is 0 Å². The highest BCUT2D eigenvalue weighted by atomic mass is 31.2. The number of rotatable bonds is 71. The number of allylic oxidation sites excluding steroid dienone is 1. The minimum Gasteiger partial charge on any atom is -0.756 e. The first-order valence-electron chi connectivity index (χ1n) is 37.6. The highest BCUT2D eigenvalue weighted by Gasteiger charge is 2.23. The molecule has 0 radical (unpaired) electrons. The van der Waals surface area contributed by atoms with Crippen molar-refractivity contribution in [2.24, 2.45) is 0 Å². The van der Waals surface area contributed by atoms with Gasteiger partial charge in [-0.05, 0) is 19.3 Å². The summed E-state index contributed by atoms with van der Waals surface area (Å²) in [6.45, 7) is 4.73. The highest BCUT2D eigenvalue weighted by Crippen LogP contribution is 2.38. The van der Waals surface area contributed by atoms with Crippen molar-refractivity contribution in [3.63, 3.8) is 0 Å². The molecule has 0 aliphatic carbocycles. The number of nitrogens with one attached hydrogen (secondary N) is 1. The minimum absolute atomic E-state index is 0.00308. The fourth-order valence-electron chi connectivity index (χ4n) is 11.9. The van der Waals surface area contributed by atoms with Crippen molar-refractivity contribution < 1.29 is 32.9 Å². The van der Waals surface area contributed by atoms with Crippen LogP contribution in [-0.2, 0) is 18.4 Å². The Balaban J connectivity index is 3.95. The van der Waals surface area contributed by atoms with E-state index in [0.29, 0.717) is 17.4 Å². The van der Waals surface area contributed by atoms with E-state index in [1.807, 2.05) is 27.2 Å². The van der Waals surface area contributed by atoms with Crippen molar-refractivity contribution in [1.82, 2.24) is 5.32 Å². The lowest BCUT2D eigenvalue weighted by Crippen LogP contribution is -2.45. The maximum Gasteiger partial charge on any atom is 0.268 e. The molecule has 2 N–H and O–H groups in total. The molecule has 0 fully saturated rings. The van der Waals surface area contributed by atoms with Crippen LogP contribution in [0.5, 0.6) is 0 Å². The number of phosphoric ester groups is 1. The Hall–Kier alpha value is -0.760. The third kappa shape index (κ3) is 68.6. The normalized spacial score (nSPS) is 13.6. The molecule has 8 nitrogen and oxygen atoms in total. The number of carbonyl (C=O) groups excluding carboxylic acids is 1. The Kier molecular flexibility index (Phi) is 65.1. The predicted molar refractivity (Wildman–Crippen MR) is 362 cm³/mol. The maximum atomic E-state index is 13.1. The van der Waals surface area contributed by atoms with Crippen LogP contribution in [-0.4, -0.2) is 68.5 Å². The van der Waals surface area contributed by atoms with Gasteiger partial charge in [0.1, 0.15) is 13.2 Å². The monoisotopic (exact) mass is 1190 g/mol. The summed E-state index contributed by atoms with van der Waals surface area (Å²) in [4.78, 5) is 25.7. The van der Waals surface area contributed by atoms with Crippen LogP contribution < -0.4 is 10.2 Å². The lowest BCUT2D eigenvalue weighted by atomic mass is 10.0. The maximum absolute atomic E-state index is 13.1. The summed E-state index contributed by atoms with van der Waals surface area (Å²) < 4.78 is 23.5. The summed E-state index contributed by atoms with van der Waals surface area (Å²) in [6.07, 6.45) is 85.0. The number of quaternary nitrogens is 1. The number of nitrogens with zero attached hydrogens (tertiary/aromatic N) is 1. The number of likely N-dealkylation sites (N-methyl/N-ethyl adjacent to an activating group) is 1. The highest BCUT2D eigenvalue weighted by molar-refractivity contribution is 7.45. The van der Waals surface area contributed by atoms with Crippen LogP contribution in [0.25, 0.3) is 0 Å². The molecule has 0 saturated heterocycles. The van der Waals surface area contributed by atoms with Gasteiger partial charge in [0, 0.05) is 6.42 Å². The van der Waals surface area contributed by atoms with Crippen LogP contribution in [0, 0.1) is 0 Å². The second-order valence-corrected chi connectivity index (χ2v) is 28.8. The van der Waals surface area contributed by atoms with Crippen LogP contribution in [0.3, 0.4) is 0 Å². The number of hydrogen-bond acceptors (Lipinski definition) is 6. The zero-order valence-corrected chi connectivity index (χ0v) is 57.8. The van der Waals surface area contributed by atoms with E-state index in [2.05, 4.69) is 19.2 Å². The fourth-order valence-corrected chi connectivity index (χ4v) is 12.6. The topological polar surface area (TPSA) is 108 Å². The average molecular weight is 1190 g/mol. The molecule has 0 bridgehead atoms. The summed E-state index contributed by atoms with van der Waals surface area (Å²) in [7, 11) is 1.29. The van der Waals surface area contributed by atoms with Gasteiger partial charge < -0.3 is 28.8 Å². The first kappa shape index (κ1) is 82.2. The molecule has 83 heavy (non-hydrogen) atoms. The SMILES string of the molecule is CCCCCCCCCCCCCCCCCCCCCCCCCC/C=C/C(O)C(COP(=O)([O-])OCC[N+](C)(C)C)NC(=O)CCCCCCCCCCCCCCCCCCCCCCCCCCCCCCCCCCCCC. The summed E-state index contributed by atoms with van der Waals surface area (Å²) in [5.74, 6) is -0.186. The van der Waals surface area contributed by atoms with E-state index in [1.54, 1.807) is 6.08 Å². The second kappa shape index (κ2) is 65.7. The van der Waals surface area contributed by atoms with Gasteiger partial charge in [0.05, 0.1) is 39.9 Å². The van der Waals surface area contributed by atoms with Gasteiger partial charge in [0.15, 0.2) is 0 Å². The van der Waals surface area contributed by atoms with E-state index < -0.39 is 20.0 Å². The van der Waals surface area contributed by atoms with Gasteiger partial charge in [-0.15, -0.1) is 0 Å². The Morgan fingerprint density at radius 2 is 0.651 bits per heavy atom. The number of unbranched alkanes of at least 4 members (excludes halogenated alkanes) is 58. The summed E-state index contributed by atoms with van der Waals surface area (Å²) in [5, 5.41) is 14.0. The van der Waals surface area contributed by atoms with Gasteiger partial charge in [-0.1, -0.05) is 392 Å². The summed E-state index contributed by atoms with van der Waals surface area (Å²) in [6, 6.07) is -0.884. The largest absolute Gasteiger partial charge is 0.756 e. The predicted octanol–water partition coefficient (Wildman–Crippen LogP) is 23.4.